The molecule has 1 heterocycles. The minimum absolute atomic E-state index is 0.627. The lowest BCUT2D eigenvalue weighted by Gasteiger charge is -2.39. The molecule has 3 atom stereocenters. The number of rotatable bonds is 6. The molecule has 118 valence electrons. The lowest BCUT2D eigenvalue weighted by Crippen LogP contribution is -2.37. The maximum absolute atomic E-state index is 5.52. The van der Waals surface area contributed by atoms with Gasteiger partial charge in [0.2, 0.25) is 0 Å². The van der Waals surface area contributed by atoms with E-state index in [1.54, 1.807) is 0 Å². The Morgan fingerprint density at radius 3 is 2.40 bits per heavy atom. The van der Waals surface area contributed by atoms with Crippen molar-refractivity contribution in [2.45, 2.75) is 71.8 Å². The van der Waals surface area contributed by atoms with Gasteiger partial charge in [-0.25, -0.2) is 0 Å². The number of hydrogen-bond donors (Lipinski definition) is 1. The summed E-state index contributed by atoms with van der Waals surface area (Å²) in [5.41, 5.74) is 0. The highest BCUT2D eigenvalue weighted by atomic mass is 16.5. The first-order valence-corrected chi connectivity index (χ1v) is 9.00. The van der Waals surface area contributed by atoms with Gasteiger partial charge in [-0.3, -0.25) is 0 Å². The van der Waals surface area contributed by atoms with Crippen LogP contribution in [0.1, 0.15) is 65.7 Å². The predicted molar refractivity (Wildman–Crippen MR) is 85.9 cm³/mol. The van der Waals surface area contributed by atoms with Gasteiger partial charge in [-0.15, -0.1) is 0 Å². The molecule has 20 heavy (non-hydrogen) atoms. The van der Waals surface area contributed by atoms with Gasteiger partial charge in [0.05, 0.1) is 0 Å². The van der Waals surface area contributed by atoms with Crippen LogP contribution in [0.4, 0.5) is 0 Å². The Morgan fingerprint density at radius 1 is 1.00 bits per heavy atom. The van der Waals surface area contributed by atoms with Gasteiger partial charge in [-0.2, -0.15) is 0 Å². The number of nitrogens with one attached hydrogen (secondary N) is 1. The maximum atomic E-state index is 5.52. The van der Waals surface area contributed by atoms with Gasteiger partial charge >= 0.3 is 0 Å². The first-order chi connectivity index (χ1) is 9.69. The van der Waals surface area contributed by atoms with Crippen molar-refractivity contribution in [2.75, 3.05) is 19.8 Å². The minimum atomic E-state index is 0.627. The van der Waals surface area contributed by atoms with E-state index in [0.29, 0.717) is 6.04 Å². The van der Waals surface area contributed by atoms with Gasteiger partial charge in [-0.1, -0.05) is 33.6 Å². The van der Waals surface area contributed by atoms with Crippen LogP contribution in [-0.2, 0) is 4.74 Å². The second-order valence-electron chi connectivity index (χ2n) is 7.46. The highest BCUT2D eigenvalue weighted by Gasteiger charge is 2.31. The summed E-state index contributed by atoms with van der Waals surface area (Å²) < 4.78 is 5.52. The van der Waals surface area contributed by atoms with E-state index in [9.17, 15) is 0 Å². The van der Waals surface area contributed by atoms with Crippen molar-refractivity contribution in [2.24, 2.45) is 23.7 Å². The predicted octanol–water partition coefficient (Wildman–Crippen LogP) is 4.24. The highest BCUT2D eigenvalue weighted by molar-refractivity contribution is 4.83. The first-order valence-electron chi connectivity index (χ1n) is 9.00. The summed E-state index contributed by atoms with van der Waals surface area (Å²) >= 11 is 0. The molecule has 0 aromatic carbocycles. The van der Waals surface area contributed by atoms with Crippen molar-refractivity contribution < 1.29 is 4.74 Å². The Hall–Kier alpha value is -0.0800. The van der Waals surface area contributed by atoms with Gasteiger partial charge in [0.1, 0.15) is 0 Å². The lowest BCUT2D eigenvalue weighted by molar-refractivity contribution is 0.0460. The molecule has 0 aromatic heterocycles. The van der Waals surface area contributed by atoms with Crippen LogP contribution < -0.4 is 5.32 Å². The van der Waals surface area contributed by atoms with Crippen molar-refractivity contribution in [3.05, 3.63) is 0 Å². The summed E-state index contributed by atoms with van der Waals surface area (Å²) in [4.78, 5) is 0. The van der Waals surface area contributed by atoms with Gasteiger partial charge in [0, 0.05) is 19.3 Å². The molecule has 2 fully saturated rings. The molecule has 1 N–H and O–H groups in total. The third-order valence-corrected chi connectivity index (χ3v) is 5.59. The van der Waals surface area contributed by atoms with Crippen LogP contribution >= 0.6 is 0 Å². The summed E-state index contributed by atoms with van der Waals surface area (Å²) in [6, 6.07) is 0.627. The second-order valence-corrected chi connectivity index (χ2v) is 7.46. The maximum Gasteiger partial charge on any atom is 0.0468 e. The largest absolute Gasteiger partial charge is 0.381 e. The molecule has 0 aromatic rings. The van der Waals surface area contributed by atoms with Gasteiger partial charge < -0.3 is 10.1 Å². The Labute approximate surface area is 126 Å². The van der Waals surface area contributed by atoms with Crippen molar-refractivity contribution in [3.63, 3.8) is 0 Å². The van der Waals surface area contributed by atoms with E-state index >= 15 is 0 Å². The summed E-state index contributed by atoms with van der Waals surface area (Å²) in [6.07, 6.45) is 9.85. The molecule has 2 nitrogen and oxygen atoms in total. The van der Waals surface area contributed by atoms with Gasteiger partial charge in [-0.05, 0) is 62.3 Å². The smallest absolute Gasteiger partial charge is 0.0468 e. The van der Waals surface area contributed by atoms with E-state index in [1.807, 2.05) is 0 Å². The van der Waals surface area contributed by atoms with E-state index in [1.165, 1.54) is 51.5 Å². The molecule has 0 radical (unpaired) electrons. The van der Waals surface area contributed by atoms with Crippen molar-refractivity contribution in [3.8, 4) is 0 Å². The fourth-order valence-corrected chi connectivity index (χ4v) is 4.15. The first kappa shape index (κ1) is 16.3. The monoisotopic (exact) mass is 281 g/mol. The topological polar surface area (TPSA) is 21.3 Å². The molecule has 3 unspecified atom stereocenters. The fraction of sp³-hybridized carbons (Fsp3) is 1.00. The Balaban J connectivity index is 1.86. The molecule has 2 heteroatoms. The van der Waals surface area contributed by atoms with Crippen LogP contribution in [0, 0.1) is 23.7 Å². The van der Waals surface area contributed by atoms with E-state index in [4.69, 9.17) is 4.74 Å². The molecule has 1 saturated carbocycles. The lowest BCUT2D eigenvalue weighted by atomic mass is 9.69. The summed E-state index contributed by atoms with van der Waals surface area (Å²) in [5.74, 6) is 3.81. The molecule has 0 spiro atoms. The van der Waals surface area contributed by atoms with Crippen molar-refractivity contribution in [1.29, 1.82) is 0 Å². The number of hydrogen-bond acceptors (Lipinski definition) is 2. The second kappa shape index (κ2) is 8.38. The van der Waals surface area contributed by atoms with Crippen LogP contribution in [0.2, 0.25) is 0 Å². The van der Waals surface area contributed by atoms with Crippen LogP contribution in [0.25, 0.3) is 0 Å². The zero-order valence-corrected chi connectivity index (χ0v) is 13.9. The third kappa shape index (κ3) is 5.04. The molecule has 0 amide bonds. The normalized spacial score (nSPS) is 32.7. The third-order valence-electron chi connectivity index (χ3n) is 5.59. The standard InChI is InChI=1S/C18H35NO/c1-4-15-5-6-17(13-19-14(2)3)18(11-15)12-16-7-9-20-10-8-16/h14-19H,4-13H2,1-3H3. The summed E-state index contributed by atoms with van der Waals surface area (Å²) in [6.45, 7) is 10.2. The zero-order chi connectivity index (χ0) is 14.4. The van der Waals surface area contributed by atoms with E-state index < -0.39 is 0 Å². The van der Waals surface area contributed by atoms with E-state index in [2.05, 4.69) is 26.1 Å². The molecule has 0 bridgehead atoms. The average Bonchev–Trinajstić information content (AvgIpc) is 2.46. The Kier molecular flexibility index (Phi) is 6.83. The zero-order valence-electron chi connectivity index (χ0n) is 13.9. The molecular weight excluding hydrogens is 246 g/mol. The highest BCUT2D eigenvalue weighted by Crippen LogP contribution is 2.40. The van der Waals surface area contributed by atoms with Crippen molar-refractivity contribution in [1.82, 2.24) is 5.32 Å². The molecular formula is C18H35NO. The average molecular weight is 281 g/mol. The molecule has 1 saturated heterocycles. The number of ether oxygens (including phenoxy) is 1. The van der Waals surface area contributed by atoms with Crippen LogP contribution in [0.15, 0.2) is 0 Å². The molecule has 2 rings (SSSR count). The van der Waals surface area contributed by atoms with E-state index in [-0.39, 0.29) is 0 Å². The molecule has 1 aliphatic heterocycles. The summed E-state index contributed by atoms with van der Waals surface area (Å²) in [5, 5.41) is 3.69. The van der Waals surface area contributed by atoms with E-state index in [0.717, 1.165) is 36.9 Å². The fourth-order valence-electron chi connectivity index (χ4n) is 4.15. The quantitative estimate of drug-likeness (QED) is 0.786. The Morgan fingerprint density at radius 2 is 1.75 bits per heavy atom. The minimum Gasteiger partial charge on any atom is -0.381 e. The van der Waals surface area contributed by atoms with Crippen molar-refractivity contribution >= 4 is 0 Å². The van der Waals surface area contributed by atoms with Gasteiger partial charge in [0.15, 0.2) is 0 Å². The van der Waals surface area contributed by atoms with Crippen LogP contribution in [-0.4, -0.2) is 25.8 Å². The SMILES string of the molecule is CCC1CCC(CNC(C)C)C(CC2CCOCC2)C1. The van der Waals surface area contributed by atoms with Crippen LogP contribution in [0.5, 0.6) is 0 Å². The van der Waals surface area contributed by atoms with Crippen LogP contribution in [0.3, 0.4) is 0 Å². The molecule has 2 aliphatic rings. The molecule has 1 aliphatic carbocycles. The summed E-state index contributed by atoms with van der Waals surface area (Å²) in [7, 11) is 0. The van der Waals surface area contributed by atoms with Gasteiger partial charge in [0.25, 0.3) is 0 Å². The Bertz CT molecular complexity index is 260.